The number of aromatic nitrogens is 4. The molecule has 0 aliphatic carbocycles. The van der Waals surface area contributed by atoms with Crippen molar-refractivity contribution in [3.63, 3.8) is 0 Å². The number of nitrogens with zero attached hydrogens (tertiary/aromatic N) is 5. The first-order chi connectivity index (χ1) is 31.1. The SMILES string of the molecule is N#Cc1ccc(-c2cc3c4ccccc4c(-c4cccc(-c5cccc(-c6nc(-c7ccccc7)nc(-c7ccc8oc9ccccc9c8c7)n6)c5)c4)cc3c3cccnc23)cc1. The number of furan rings is 1. The van der Waals surface area contributed by atoms with Crippen molar-refractivity contribution in [2.75, 3.05) is 0 Å². The van der Waals surface area contributed by atoms with Gasteiger partial charge in [0.15, 0.2) is 17.5 Å². The van der Waals surface area contributed by atoms with Crippen molar-refractivity contribution in [2.45, 2.75) is 0 Å². The molecular formula is C57H33N5O. The molecule has 0 amide bonds. The second kappa shape index (κ2) is 14.7. The third kappa shape index (κ3) is 6.27. The number of hydrogen-bond donors (Lipinski definition) is 0. The minimum Gasteiger partial charge on any atom is -0.456 e. The van der Waals surface area contributed by atoms with Gasteiger partial charge in [-0.15, -0.1) is 0 Å². The van der Waals surface area contributed by atoms with E-state index < -0.39 is 0 Å². The fourth-order valence-corrected chi connectivity index (χ4v) is 8.93. The molecule has 0 spiro atoms. The first kappa shape index (κ1) is 36.1. The third-order valence-corrected chi connectivity index (χ3v) is 12.0. The van der Waals surface area contributed by atoms with Gasteiger partial charge in [0, 0.05) is 44.6 Å². The maximum atomic E-state index is 9.45. The van der Waals surface area contributed by atoms with E-state index >= 15 is 0 Å². The molecule has 0 atom stereocenters. The average molecular weight is 804 g/mol. The highest BCUT2D eigenvalue weighted by molar-refractivity contribution is 6.23. The van der Waals surface area contributed by atoms with Gasteiger partial charge in [-0.25, -0.2) is 15.0 Å². The molecule has 9 aromatic carbocycles. The van der Waals surface area contributed by atoms with Gasteiger partial charge in [0.1, 0.15) is 11.2 Å². The van der Waals surface area contributed by atoms with Gasteiger partial charge in [-0.2, -0.15) is 5.26 Å². The standard InChI is InChI=1S/C57H33N5O/c58-34-35-22-24-36(25-23-35)48-33-49-44-18-5-4-17-43(44)47(32-50(49)46-20-10-28-59-54(46)48)40-15-8-13-38(29-40)39-14-9-16-41(30-39)56-60-55(37-11-2-1-3-12-37)61-57(62-56)42-26-27-53-51(31-42)45-19-6-7-21-52(45)63-53/h1-33H. The van der Waals surface area contributed by atoms with Crippen molar-refractivity contribution in [3.05, 3.63) is 206 Å². The van der Waals surface area contributed by atoms with E-state index in [-0.39, 0.29) is 0 Å². The largest absolute Gasteiger partial charge is 0.456 e. The van der Waals surface area contributed by atoms with Crippen LogP contribution < -0.4 is 0 Å². The molecule has 0 N–H and O–H groups in total. The summed E-state index contributed by atoms with van der Waals surface area (Å²) < 4.78 is 6.14. The van der Waals surface area contributed by atoms with Crippen molar-refractivity contribution in [1.29, 1.82) is 5.26 Å². The summed E-state index contributed by atoms with van der Waals surface area (Å²) in [6.45, 7) is 0. The Morgan fingerprint density at radius 1 is 0.349 bits per heavy atom. The maximum Gasteiger partial charge on any atom is 0.164 e. The van der Waals surface area contributed by atoms with Gasteiger partial charge in [-0.3, -0.25) is 4.98 Å². The highest BCUT2D eigenvalue weighted by Gasteiger charge is 2.18. The van der Waals surface area contributed by atoms with Crippen LogP contribution in [0.1, 0.15) is 5.56 Å². The summed E-state index contributed by atoms with van der Waals surface area (Å²) in [6, 6.07) is 68.9. The summed E-state index contributed by atoms with van der Waals surface area (Å²) in [5, 5.41) is 17.2. The summed E-state index contributed by atoms with van der Waals surface area (Å²) in [6.07, 6.45) is 1.85. The Bertz CT molecular complexity index is 3810. The highest BCUT2D eigenvalue weighted by Crippen LogP contribution is 2.42. The Morgan fingerprint density at radius 2 is 0.905 bits per heavy atom. The molecular weight excluding hydrogens is 771 g/mol. The predicted octanol–water partition coefficient (Wildman–Crippen LogP) is 14.5. The Morgan fingerprint density at radius 3 is 1.68 bits per heavy atom. The van der Waals surface area contributed by atoms with Crippen molar-refractivity contribution in [3.8, 4) is 73.6 Å². The van der Waals surface area contributed by atoms with Gasteiger partial charge in [0.2, 0.25) is 0 Å². The van der Waals surface area contributed by atoms with Crippen molar-refractivity contribution in [2.24, 2.45) is 0 Å². The number of para-hydroxylation sites is 1. The van der Waals surface area contributed by atoms with Crippen molar-refractivity contribution < 1.29 is 4.42 Å². The number of hydrogen-bond acceptors (Lipinski definition) is 6. The summed E-state index contributed by atoms with van der Waals surface area (Å²) >= 11 is 0. The van der Waals surface area contributed by atoms with Gasteiger partial charge in [-0.1, -0.05) is 127 Å². The molecule has 6 heteroatoms. The fraction of sp³-hybridized carbons (Fsp3) is 0. The summed E-state index contributed by atoms with van der Waals surface area (Å²) in [5.41, 5.74) is 12.4. The van der Waals surface area contributed by atoms with E-state index in [0.29, 0.717) is 23.0 Å². The van der Waals surface area contributed by atoms with E-state index in [1.54, 1.807) is 0 Å². The number of fused-ring (bicyclic) bond motifs is 8. The smallest absolute Gasteiger partial charge is 0.164 e. The molecule has 292 valence electrons. The molecule has 0 saturated carbocycles. The lowest BCUT2D eigenvalue weighted by Crippen LogP contribution is -2.00. The Kier molecular flexibility index (Phi) is 8.44. The lowest BCUT2D eigenvalue weighted by molar-refractivity contribution is 0.669. The number of rotatable bonds is 6. The molecule has 3 heterocycles. The number of pyridine rings is 1. The molecule has 12 rings (SSSR count). The summed E-state index contributed by atoms with van der Waals surface area (Å²) in [7, 11) is 0. The molecule has 0 unspecified atom stereocenters. The van der Waals surface area contributed by atoms with Crippen molar-refractivity contribution >= 4 is 54.4 Å². The Balaban J connectivity index is 0.978. The second-order valence-corrected chi connectivity index (χ2v) is 15.7. The van der Waals surface area contributed by atoms with E-state index in [1.807, 2.05) is 97.2 Å². The first-order valence-electron chi connectivity index (χ1n) is 20.8. The number of nitriles is 1. The average Bonchev–Trinajstić information content (AvgIpc) is 3.74. The van der Waals surface area contributed by atoms with Crippen LogP contribution in [0.3, 0.4) is 0 Å². The fourth-order valence-electron chi connectivity index (χ4n) is 8.93. The normalized spacial score (nSPS) is 11.5. The maximum absolute atomic E-state index is 9.45. The zero-order valence-corrected chi connectivity index (χ0v) is 33.7. The number of benzene rings is 9. The minimum absolute atomic E-state index is 0.591. The zero-order chi connectivity index (χ0) is 41.9. The van der Waals surface area contributed by atoms with Gasteiger partial charge >= 0.3 is 0 Å². The molecule has 6 nitrogen and oxygen atoms in total. The minimum atomic E-state index is 0.591. The van der Waals surface area contributed by atoms with Crippen LogP contribution in [0.4, 0.5) is 0 Å². The van der Waals surface area contributed by atoms with E-state index in [0.717, 1.165) is 104 Å². The van der Waals surface area contributed by atoms with Crippen LogP contribution in [-0.2, 0) is 0 Å². The van der Waals surface area contributed by atoms with Crippen LogP contribution in [-0.4, -0.2) is 19.9 Å². The zero-order valence-electron chi connectivity index (χ0n) is 33.7. The van der Waals surface area contributed by atoms with Crippen LogP contribution in [0.5, 0.6) is 0 Å². The summed E-state index contributed by atoms with van der Waals surface area (Å²) in [4.78, 5) is 20.1. The van der Waals surface area contributed by atoms with Crippen LogP contribution in [0.15, 0.2) is 205 Å². The molecule has 0 aliphatic rings. The van der Waals surface area contributed by atoms with Gasteiger partial charge in [0.05, 0.1) is 17.1 Å². The second-order valence-electron chi connectivity index (χ2n) is 15.7. The van der Waals surface area contributed by atoms with Gasteiger partial charge < -0.3 is 4.42 Å². The monoisotopic (exact) mass is 803 g/mol. The lowest BCUT2D eigenvalue weighted by atomic mass is 9.88. The van der Waals surface area contributed by atoms with Crippen LogP contribution in [0.25, 0.3) is 122 Å². The molecule has 0 saturated heterocycles. The molecule has 12 aromatic rings. The summed E-state index contributed by atoms with van der Waals surface area (Å²) in [5.74, 6) is 1.79. The van der Waals surface area contributed by atoms with Crippen LogP contribution in [0, 0.1) is 11.3 Å². The highest BCUT2D eigenvalue weighted by atomic mass is 16.3. The van der Waals surface area contributed by atoms with Crippen LogP contribution >= 0.6 is 0 Å². The molecule has 0 fully saturated rings. The van der Waals surface area contributed by atoms with Crippen LogP contribution in [0.2, 0.25) is 0 Å². The molecule has 63 heavy (non-hydrogen) atoms. The van der Waals surface area contributed by atoms with E-state index in [4.69, 9.17) is 24.4 Å². The lowest BCUT2D eigenvalue weighted by Gasteiger charge is -2.16. The molecule has 0 radical (unpaired) electrons. The molecule has 0 bridgehead atoms. The predicted molar refractivity (Wildman–Crippen MR) is 255 cm³/mol. The first-order valence-corrected chi connectivity index (χ1v) is 20.8. The molecule has 0 aliphatic heterocycles. The van der Waals surface area contributed by atoms with E-state index in [1.165, 1.54) is 0 Å². The van der Waals surface area contributed by atoms with Crippen molar-refractivity contribution in [1.82, 2.24) is 19.9 Å². The topological polar surface area (TPSA) is 88.5 Å². The quantitative estimate of drug-likeness (QED) is 0.156. The Labute approximate surface area is 362 Å². The van der Waals surface area contributed by atoms with E-state index in [2.05, 4.69) is 109 Å². The van der Waals surface area contributed by atoms with Gasteiger partial charge in [-0.05, 0) is 116 Å². The van der Waals surface area contributed by atoms with E-state index in [9.17, 15) is 5.26 Å². The van der Waals surface area contributed by atoms with Gasteiger partial charge in [0.25, 0.3) is 0 Å². The third-order valence-electron chi connectivity index (χ3n) is 12.0. The Hall–Kier alpha value is -8.79. The molecule has 3 aromatic heterocycles.